The van der Waals surface area contributed by atoms with Gasteiger partial charge in [0.1, 0.15) is 0 Å². The van der Waals surface area contributed by atoms with Crippen molar-refractivity contribution < 1.29 is 0 Å². The molecular formula is C19H32N2. The molecule has 118 valence electrons. The molecular weight excluding hydrogens is 256 g/mol. The molecule has 0 saturated carbocycles. The molecule has 0 spiro atoms. The molecule has 0 radical (unpaired) electrons. The van der Waals surface area contributed by atoms with Gasteiger partial charge in [-0.3, -0.25) is 0 Å². The number of benzene rings is 1. The Morgan fingerprint density at radius 2 is 1.81 bits per heavy atom. The number of aromatic amines is 1. The van der Waals surface area contributed by atoms with Crippen molar-refractivity contribution in [2.24, 2.45) is 5.73 Å². The number of fused-ring (bicyclic) bond motifs is 1. The normalized spacial score (nSPS) is 11.0. The van der Waals surface area contributed by atoms with Gasteiger partial charge >= 0.3 is 0 Å². The number of para-hydroxylation sites is 1. The van der Waals surface area contributed by atoms with Crippen LogP contribution in [0.15, 0.2) is 42.6 Å². The Balaban J connectivity index is 0.000000713. The number of hydrogen-bond donors (Lipinski definition) is 2. The van der Waals surface area contributed by atoms with Crippen LogP contribution in [0.1, 0.15) is 53.0 Å². The maximum absolute atomic E-state index is 5.97. The molecule has 2 heteroatoms. The van der Waals surface area contributed by atoms with Crippen molar-refractivity contribution in [3.05, 3.63) is 48.2 Å². The first-order valence-corrected chi connectivity index (χ1v) is 8.06. The average Bonchev–Trinajstić information content (AvgIpc) is 2.91. The minimum Gasteiger partial charge on any atom is -0.361 e. The molecule has 0 saturated heterocycles. The molecule has 0 fully saturated rings. The zero-order valence-corrected chi connectivity index (χ0v) is 14.4. The maximum atomic E-state index is 5.97. The second-order valence-electron chi connectivity index (χ2n) is 5.06. The fourth-order valence-electron chi connectivity index (χ4n) is 1.90. The van der Waals surface area contributed by atoms with Gasteiger partial charge in [0.05, 0.1) is 0 Å². The van der Waals surface area contributed by atoms with Gasteiger partial charge in [0.25, 0.3) is 0 Å². The van der Waals surface area contributed by atoms with Crippen LogP contribution in [0.4, 0.5) is 0 Å². The second-order valence-corrected chi connectivity index (χ2v) is 5.06. The summed E-state index contributed by atoms with van der Waals surface area (Å²) in [5.41, 5.74) is 9.56. The van der Waals surface area contributed by atoms with Crippen LogP contribution >= 0.6 is 0 Å². The SMILES string of the molecule is C=C(C)[C@@H](N)CCc1c[nH]c2ccccc12.CC.CCC. The van der Waals surface area contributed by atoms with Gasteiger partial charge in [0.2, 0.25) is 0 Å². The molecule has 0 aliphatic rings. The lowest BCUT2D eigenvalue weighted by Gasteiger charge is -2.10. The zero-order chi connectivity index (χ0) is 16.3. The van der Waals surface area contributed by atoms with E-state index in [0.29, 0.717) is 0 Å². The summed E-state index contributed by atoms with van der Waals surface area (Å²) in [6, 6.07) is 8.46. The van der Waals surface area contributed by atoms with Crippen LogP contribution in [0, 0.1) is 0 Å². The lowest BCUT2D eigenvalue weighted by atomic mass is 10.0. The van der Waals surface area contributed by atoms with E-state index in [4.69, 9.17) is 5.73 Å². The van der Waals surface area contributed by atoms with E-state index in [-0.39, 0.29) is 6.04 Å². The van der Waals surface area contributed by atoms with Crippen molar-refractivity contribution in [3.63, 3.8) is 0 Å². The first-order chi connectivity index (χ1) is 10.1. The number of rotatable bonds is 4. The summed E-state index contributed by atoms with van der Waals surface area (Å²) in [5, 5.41) is 1.30. The Labute approximate surface area is 130 Å². The number of hydrogen-bond acceptors (Lipinski definition) is 1. The summed E-state index contributed by atoms with van der Waals surface area (Å²) in [6.07, 6.45) is 5.28. The molecule has 2 rings (SSSR count). The molecule has 1 aromatic heterocycles. The van der Waals surface area contributed by atoms with Crippen LogP contribution in [-0.2, 0) is 6.42 Å². The molecule has 21 heavy (non-hydrogen) atoms. The van der Waals surface area contributed by atoms with Crippen LogP contribution in [0.3, 0.4) is 0 Å². The fourth-order valence-corrected chi connectivity index (χ4v) is 1.90. The molecule has 1 aromatic carbocycles. The van der Waals surface area contributed by atoms with Crippen molar-refractivity contribution >= 4 is 10.9 Å². The van der Waals surface area contributed by atoms with E-state index >= 15 is 0 Å². The van der Waals surface area contributed by atoms with E-state index in [1.165, 1.54) is 22.9 Å². The number of aryl methyl sites for hydroxylation is 1. The molecule has 1 atom stereocenters. The number of H-pyrrole nitrogens is 1. The molecule has 0 amide bonds. The largest absolute Gasteiger partial charge is 0.361 e. The highest BCUT2D eigenvalue weighted by atomic mass is 14.7. The summed E-state index contributed by atoms with van der Waals surface area (Å²) in [6.45, 7) is 14.1. The Bertz CT molecular complexity index is 511. The maximum Gasteiger partial charge on any atom is 0.0456 e. The van der Waals surface area contributed by atoms with Crippen LogP contribution in [0.25, 0.3) is 10.9 Å². The topological polar surface area (TPSA) is 41.8 Å². The van der Waals surface area contributed by atoms with Gasteiger partial charge in [-0.15, -0.1) is 0 Å². The minimum absolute atomic E-state index is 0.105. The lowest BCUT2D eigenvalue weighted by molar-refractivity contribution is 0.692. The predicted octanol–water partition coefficient (Wildman–Crippen LogP) is 5.45. The minimum atomic E-state index is 0.105. The highest BCUT2D eigenvalue weighted by Crippen LogP contribution is 2.19. The molecule has 0 unspecified atom stereocenters. The van der Waals surface area contributed by atoms with E-state index < -0.39 is 0 Å². The van der Waals surface area contributed by atoms with Crippen molar-refractivity contribution in [2.75, 3.05) is 0 Å². The summed E-state index contributed by atoms with van der Waals surface area (Å²) in [5.74, 6) is 0. The van der Waals surface area contributed by atoms with Crippen molar-refractivity contribution in [2.45, 2.75) is 59.9 Å². The van der Waals surface area contributed by atoms with Gasteiger partial charge in [0.15, 0.2) is 0 Å². The molecule has 0 bridgehead atoms. The summed E-state index contributed by atoms with van der Waals surface area (Å²) in [4.78, 5) is 3.28. The smallest absolute Gasteiger partial charge is 0.0456 e. The third-order valence-electron chi connectivity index (χ3n) is 3.03. The summed E-state index contributed by atoms with van der Waals surface area (Å²) < 4.78 is 0. The van der Waals surface area contributed by atoms with Crippen LogP contribution in [0.5, 0.6) is 0 Å². The van der Waals surface area contributed by atoms with Crippen molar-refractivity contribution in [3.8, 4) is 0 Å². The van der Waals surface area contributed by atoms with Gasteiger partial charge < -0.3 is 10.7 Å². The predicted molar refractivity (Wildman–Crippen MR) is 96.7 cm³/mol. The highest BCUT2D eigenvalue weighted by molar-refractivity contribution is 5.82. The van der Waals surface area contributed by atoms with E-state index in [0.717, 1.165) is 18.4 Å². The summed E-state index contributed by atoms with van der Waals surface area (Å²) >= 11 is 0. The fraction of sp³-hybridized carbons (Fsp3) is 0.474. The van der Waals surface area contributed by atoms with Crippen LogP contribution in [-0.4, -0.2) is 11.0 Å². The second kappa shape index (κ2) is 11.2. The van der Waals surface area contributed by atoms with Gasteiger partial charge in [-0.2, -0.15) is 0 Å². The monoisotopic (exact) mass is 288 g/mol. The van der Waals surface area contributed by atoms with E-state index in [1.54, 1.807) is 0 Å². The van der Waals surface area contributed by atoms with Gasteiger partial charge in [-0.1, -0.05) is 64.5 Å². The van der Waals surface area contributed by atoms with Crippen molar-refractivity contribution in [1.82, 2.24) is 4.98 Å². The summed E-state index contributed by atoms with van der Waals surface area (Å²) in [7, 11) is 0. The first kappa shape index (κ1) is 19.5. The number of nitrogens with one attached hydrogen (secondary N) is 1. The lowest BCUT2D eigenvalue weighted by Crippen LogP contribution is -2.21. The quantitative estimate of drug-likeness (QED) is 0.722. The molecule has 1 heterocycles. The molecule has 0 aliphatic heterocycles. The van der Waals surface area contributed by atoms with E-state index in [9.17, 15) is 0 Å². The zero-order valence-electron chi connectivity index (χ0n) is 14.4. The van der Waals surface area contributed by atoms with Gasteiger partial charge in [-0.25, -0.2) is 0 Å². The molecule has 0 aliphatic carbocycles. The standard InChI is InChI=1S/C14H18N2.C3H8.C2H6/c1-10(2)13(15)8-7-11-9-16-14-6-4-3-5-12(11)14;1-3-2;1-2/h3-6,9,13,16H,1,7-8,15H2,2H3;3H2,1-2H3;1-2H3/t13-;;/m0../s1. The van der Waals surface area contributed by atoms with Crippen molar-refractivity contribution in [1.29, 1.82) is 0 Å². The Hall–Kier alpha value is -1.54. The van der Waals surface area contributed by atoms with Gasteiger partial charge in [-0.05, 0) is 31.4 Å². The van der Waals surface area contributed by atoms with Gasteiger partial charge in [0, 0.05) is 23.1 Å². The Morgan fingerprint density at radius 1 is 1.24 bits per heavy atom. The third-order valence-corrected chi connectivity index (χ3v) is 3.03. The third kappa shape index (κ3) is 6.63. The van der Waals surface area contributed by atoms with E-state index in [2.05, 4.69) is 49.8 Å². The van der Waals surface area contributed by atoms with Crippen LogP contribution in [0.2, 0.25) is 0 Å². The van der Waals surface area contributed by atoms with Crippen LogP contribution < -0.4 is 5.73 Å². The molecule has 3 N–H and O–H groups in total. The molecule has 2 nitrogen and oxygen atoms in total. The number of nitrogens with two attached hydrogens (primary N) is 1. The highest BCUT2D eigenvalue weighted by Gasteiger charge is 2.06. The number of aromatic nitrogens is 1. The van der Waals surface area contributed by atoms with E-state index in [1.807, 2.05) is 26.8 Å². The molecule has 2 aromatic rings. The Kier molecular flexibility index (Phi) is 10.3. The first-order valence-electron chi connectivity index (χ1n) is 8.06. The Morgan fingerprint density at radius 3 is 2.38 bits per heavy atom. The average molecular weight is 288 g/mol.